The maximum Gasteiger partial charge on any atom is 0.311 e. The van der Waals surface area contributed by atoms with Crippen LogP contribution in [0.15, 0.2) is 34.5 Å². The number of methoxy groups -OCH3 is 1. The van der Waals surface area contributed by atoms with Gasteiger partial charge in [-0.2, -0.15) is 0 Å². The van der Waals surface area contributed by atoms with Gasteiger partial charge < -0.3 is 10.1 Å². The van der Waals surface area contributed by atoms with Crippen molar-refractivity contribution in [1.82, 2.24) is 4.98 Å². The zero-order valence-corrected chi connectivity index (χ0v) is 14.9. The number of rotatable bonds is 6. The number of hydrogen-bond donors (Lipinski definition) is 1. The highest BCUT2D eigenvalue weighted by molar-refractivity contribution is 8.00. The zero-order valence-electron chi connectivity index (χ0n) is 12.5. The molecule has 0 fully saturated rings. The van der Waals surface area contributed by atoms with Crippen molar-refractivity contribution >= 4 is 51.7 Å². The molecule has 8 heteroatoms. The van der Waals surface area contributed by atoms with E-state index in [9.17, 15) is 9.59 Å². The predicted molar refractivity (Wildman–Crippen MR) is 93.2 cm³/mol. The molecule has 1 N–H and O–H groups in total. The Balaban J connectivity index is 1.93. The van der Waals surface area contributed by atoms with Gasteiger partial charge in [0.25, 0.3) is 0 Å². The SMILES string of the molecule is COC(=O)Cc1csc(NC(=O)C(C)Sc2ccccc2Cl)n1. The van der Waals surface area contributed by atoms with Gasteiger partial charge in [-0.3, -0.25) is 9.59 Å². The van der Waals surface area contributed by atoms with Crippen molar-refractivity contribution in [3.63, 3.8) is 0 Å². The fourth-order valence-electron chi connectivity index (χ4n) is 1.66. The van der Waals surface area contributed by atoms with E-state index in [2.05, 4.69) is 15.0 Å². The molecule has 0 radical (unpaired) electrons. The molecule has 1 atom stereocenters. The highest BCUT2D eigenvalue weighted by Gasteiger charge is 2.17. The molecule has 0 saturated carbocycles. The molecular weight excluding hydrogens is 356 g/mol. The third kappa shape index (κ3) is 5.23. The fourth-order valence-corrected chi connectivity index (χ4v) is 3.52. The molecule has 0 bridgehead atoms. The first kappa shape index (κ1) is 17.8. The summed E-state index contributed by atoms with van der Waals surface area (Å²) in [5.74, 6) is -0.537. The molecule has 122 valence electrons. The number of nitrogens with zero attached hydrogens (tertiary/aromatic N) is 1. The van der Waals surface area contributed by atoms with Crippen LogP contribution >= 0.6 is 34.7 Å². The third-order valence-corrected chi connectivity index (χ3v) is 5.27. The molecule has 0 saturated heterocycles. The second-order valence-electron chi connectivity index (χ2n) is 4.58. The van der Waals surface area contributed by atoms with Crippen LogP contribution in [0.25, 0.3) is 0 Å². The summed E-state index contributed by atoms with van der Waals surface area (Å²) in [4.78, 5) is 28.5. The van der Waals surface area contributed by atoms with Crippen LogP contribution in [0.5, 0.6) is 0 Å². The Morgan fingerprint density at radius 2 is 2.17 bits per heavy atom. The molecule has 1 unspecified atom stereocenters. The highest BCUT2D eigenvalue weighted by atomic mass is 35.5. The van der Waals surface area contributed by atoms with Crippen LogP contribution in [0.2, 0.25) is 5.02 Å². The number of carbonyl (C=O) groups is 2. The van der Waals surface area contributed by atoms with Gasteiger partial charge >= 0.3 is 5.97 Å². The first-order valence-electron chi connectivity index (χ1n) is 6.73. The van der Waals surface area contributed by atoms with Gasteiger partial charge in [-0.15, -0.1) is 23.1 Å². The summed E-state index contributed by atoms with van der Waals surface area (Å²) in [6.07, 6.45) is 0.0901. The van der Waals surface area contributed by atoms with Gasteiger partial charge in [0.1, 0.15) is 0 Å². The van der Waals surface area contributed by atoms with E-state index in [1.165, 1.54) is 30.2 Å². The molecule has 0 aliphatic carbocycles. The molecule has 2 rings (SSSR count). The Morgan fingerprint density at radius 3 is 2.87 bits per heavy atom. The zero-order chi connectivity index (χ0) is 16.8. The average Bonchev–Trinajstić information content (AvgIpc) is 2.96. The summed E-state index contributed by atoms with van der Waals surface area (Å²) < 4.78 is 4.58. The standard InChI is InChI=1S/C15H15ClN2O3S2/c1-9(23-12-6-4-3-5-11(12)16)14(20)18-15-17-10(8-22-15)7-13(19)21-2/h3-6,8-9H,7H2,1-2H3,(H,17,18,20). The van der Waals surface area contributed by atoms with Crippen LogP contribution in [-0.2, 0) is 20.7 Å². The quantitative estimate of drug-likeness (QED) is 0.621. The number of ether oxygens (including phenoxy) is 1. The van der Waals surface area contributed by atoms with Gasteiger partial charge in [-0.05, 0) is 19.1 Å². The summed E-state index contributed by atoms with van der Waals surface area (Å²) >= 11 is 8.74. The van der Waals surface area contributed by atoms with Crippen molar-refractivity contribution < 1.29 is 14.3 Å². The number of carbonyl (C=O) groups excluding carboxylic acids is 2. The van der Waals surface area contributed by atoms with E-state index in [1.807, 2.05) is 18.2 Å². The first-order valence-corrected chi connectivity index (χ1v) is 8.86. The largest absolute Gasteiger partial charge is 0.469 e. The lowest BCUT2D eigenvalue weighted by molar-refractivity contribution is -0.139. The number of aromatic nitrogens is 1. The average molecular weight is 371 g/mol. The predicted octanol–water partition coefficient (Wildman–Crippen LogP) is 3.63. The van der Waals surface area contributed by atoms with E-state index in [-0.39, 0.29) is 23.5 Å². The van der Waals surface area contributed by atoms with Crippen LogP contribution in [0.3, 0.4) is 0 Å². The van der Waals surface area contributed by atoms with E-state index >= 15 is 0 Å². The normalized spacial score (nSPS) is 11.8. The Hall–Kier alpha value is -1.57. The molecule has 0 aliphatic rings. The van der Waals surface area contributed by atoms with Gasteiger partial charge in [-0.1, -0.05) is 23.7 Å². The highest BCUT2D eigenvalue weighted by Crippen LogP contribution is 2.30. The summed E-state index contributed by atoms with van der Waals surface area (Å²) in [6.45, 7) is 1.80. The smallest absolute Gasteiger partial charge is 0.311 e. The monoisotopic (exact) mass is 370 g/mol. The van der Waals surface area contributed by atoms with E-state index in [1.54, 1.807) is 18.4 Å². The van der Waals surface area contributed by atoms with Crippen molar-refractivity contribution in [3.8, 4) is 0 Å². The molecule has 5 nitrogen and oxygen atoms in total. The number of hydrogen-bond acceptors (Lipinski definition) is 6. The minimum atomic E-state index is -0.365. The van der Waals surface area contributed by atoms with Gasteiger partial charge in [-0.25, -0.2) is 4.98 Å². The number of anilines is 1. The second kappa shape index (κ2) is 8.33. The molecule has 0 spiro atoms. The van der Waals surface area contributed by atoms with Crippen molar-refractivity contribution in [2.24, 2.45) is 0 Å². The lowest BCUT2D eigenvalue weighted by Gasteiger charge is -2.11. The Kier molecular flexibility index (Phi) is 6.44. The summed E-state index contributed by atoms with van der Waals surface area (Å²) in [5.41, 5.74) is 0.573. The summed E-state index contributed by atoms with van der Waals surface area (Å²) in [7, 11) is 1.32. The lowest BCUT2D eigenvalue weighted by atomic mass is 10.3. The summed E-state index contributed by atoms with van der Waals surface area (Å²) in [6, 6.07) is 7.37. The van der Waals surface area contributed by atoms with Crippen LogP contribution < -0.4 is 5.32 Å². The van der Waals surface area contributed by atoms with Crippen LogP contribution in [-0.4, -0.2) is 29.2 Å². The molecule has 1 heterocycles. The number of halogens is 1. The van der Waals surface area contributed by atoms with Gasteiger partial charge in [0.05, 0.1) is 29.5 Å². The second-order valence-corrected chi connectivity index (χ2v) is 7.22. The summed E-state index contributed by atoms with van der Waals surface area (Å²) in [5, 5.41) is 5.21. The molecule has 0 aliphatic heterocycles. The number of esters is 1. The fraction of sp³-hybridized carbons (Fsp3) is 0.267. The topological polar surface area (TPSA) is 68.3 Å². The van der Waals surface area contributed by atoms with Crippen molar-refractivity contribution in [3.05, 3.63) is 40.4 Å². The molecule has 1 aromatic carbocycles. The number of thiazole rings is 1. The van der Waals surface area contributed by atoms with E-state index in [4.69, 9.17) is 11.6 Å². The van der Waals surface area contributed by atoms with E-state index in [0.29, 0.717) is 15.8 Å². The molecule has 2 aromatic rings. The molecule has 23 heavy (non-hydrogen) atoms. The van der Waals surface area contributed by atoms with Crippen molar-refractivity contribution in [2.75, 3.05) is 12.4 Å². The van der Waals surface area contributed by atoms with Crippen molar-refractivity contribution in [2.45, 2.75) is 23.5 Å². The lowest BCUT2D eigenvalue weighted by Crippen LogP contribution is -2.22. The Morgan fingerprint density at radius 1 is 1.43 bits per heavy atom. The Labute approximate surface area is 147 Å². The maximum atomic E-state index is 12.2. The minimum absolute atomic E-state index is 0.0901. The minimum Gasteiger partial charge on any atom is -0.469 e. The van der Waals surface area contributed by atoms with Crippen LogP contribution in [0, 0.1) is 0 Å². The number of amides is 1. The Bertz CT molecular complexity index is 706. The van der Waals surface area contributed by atoms with E-state index in [0.717, 1.165) is 4.90 Å². The van der Waals surface area contributed by atoms with Gasteiger partial charge in [0.2, 0.25) is 5.91 Å². The first-order chi connectivity index (χ1) is 11.0. The third-order valence-electron chi connectivity index (χ3n) is 2.84. The number of thioether (sulfide) groups is 1. The van der Waals surface area contributed by atoms with Crippen LogP contribution in [0.4, 0.5) is 5.13 Å². The van der Waals surface area contributed by atoms with Gasteiger partial charge in [0.15, 0.2) is 5.13 Å². The molecule has 1 aromatic heterocycles. The van der Waals surface area contributed by atoms with Crippen molar-refractivity contribution in [1.29, 1.82) is 0 Å². The number of benzene rings is 1. The molecular formula is C15H15ClN2O3S2. The van der Waals surface area contributed by atoms with E-state index < -0.39 is 0 Å². The maximum absolute atomic E-state index is 12.2. The van der Waals surface area contributed by atoms with Crippen LogP contribution in [0.1, 0.15) is 12.6 Å². The van der Waals surface area contributed by atoms with Gasteiger partial charge in [0, 0.05) is 10.3 Å². The molecule has 1 amide bonds. The number of nitrogens with one attached hydrogen (secondary N) is 1.